The molecule has 6 N–H and O–H groups in total. The summed E-state index contributed by atoms with van der Waals surface area (Å²) in [5, 5.41) is 70.3. The molecule has 0 radical (unpaired) electrons. The maximum atomic E-state index is 14.2. The van der Waals surface area contributed by atoms with Crippen molar-refractivity contribution in [1.82, 2.24) is 5.32 Å². The van der Waals surface area contributed by atoms with Crippen molar-refractivity contribution in [3.63, 3.8) is 0 Å². The highest BCUT2D eigenvalue weighted by atomic mass is 16.5. The van der Waals surface area contributed by atoms with Gasteiger partial charge in [0.25, 0.3) is 0 Å². The Labute approximate surface area is 333 Å². The van der Waals surface area contributed by atoms with E-state index in [0.717, 1.165) is 68.9 Å². The molecule has 1 aliphatic heterocycles. The summed E-state index contributed by atoms with van der Waals surface area (Å²) in [5.41, 5.74) is -6.15. The summed E-state index contributed by atoms with van der Waals surface area (Å²) in [6.45, 7) is 4.19. The van der Waals surface area contributed by atoms with E-state index < -0.39 is 63.7 Å². The average molecular weight is 780 g/mol. The van der Waals surface area contributed by atoms with Crippen LogP contribution in [-0.2, 0) is 19.1 Å². The second-order valence-electron chi connectivity index (χ2n) is 20.4. The lowest BCUT2D eigenvalue weighted by atomic mass is 9.34. The third-order valence-corrected chi connectivity index (χ3v) is 18.8. The number of aldehydes is 1. The zero-order valence-electron chi connectivity index (χ0n) is 33.9. The highest BCUT2D eigenvalue weighted by Crippen LogP contribution is 2.78. The Morgan fingerprint density at radius 2 is 1.68 bits per heavy atom. The SMILES string of the molecule is COCCCNCC1=C[C@@H]2C[C@]3(O)[C@]4(O)[C@H](O)[C@H]5C[C@@H]([C@@H](C)C6CCCC6)CC[C@H]6[C@@H](O)CC[C@](C=O)([C@H]4CC[C@]3(C3CCCCC3)[C@H]2C2=CC(=O)O[C@@H]12)[C@]56O. The van der Waals surface area contributed by atoms with Gasteiger partial charge in [0.05, 0.1) is 23.2 Å². The number of allylic oxidation sites excluding steroid dienone is 1. The molecule has 0 amide bonds. The molecule has 15 atom stereocenters. The summed E-state index contributed by atoms with van der Waals surface area (Å²) in [6.07, 6.45) is 15.8. The van der Waals surface area contributed by atoms with Gasteiger partial charge in [-0.2, -0.15) is 0 Å². The summed E-state index contributed by atoms with van der Waals surface area (Å²) >= 11 is 0. The van der Waals surface area contributed by atoms with E-state index in [1.165, 1.54) is 25.7 Å². The van der Waals surface area contributed by atoms with Crippen LogP contribution in [0, 0.1) is 64.1 Å². The number of rotatable bonds is 10. The number of aliphatic hydroxyl groups is 5. The fourth-order valence-corrected chi connectivity index (χ4v) is 16.5. The number of carbonyl (C=O) groups is 2. The van der Waals surface area contributed by atoms with Crippen molar-refractivity contribution >= 4 is 12.3 Å². The van der Waals surface area contributed by atoms with E-state index in [2.05, 4.69) is 18.3 Å². The Hall–Kier alpha value is -1.66. The highest BCUT2D eigenvalue weighted by Gasteiger charge is 2.86. The van der Waals surface area contributed by atoms with Crippen molar-refractivity contribution in [2.24, 2.45) is 64.1 Å². The molecule has 7 fully saturated rings. The zero-order chi connectivity index (χ0) is 39.3. The maximum Gasteiger partial charge on any atom is 0.331 e. The number of ether oxygens (including phenoxy) is 2. The van der Waals surface area contributed by atoms with E-state index in [1.54, 1.807) is 13.2 Å². The van der Waals surface area contributed by atoms with Crippen LogP contribution >= 0.6 is 0 Å². The van der Waals surface area contributed by atoms with E-state index in [0.29, 0.717) is 57.1 Å². The molecule has 7 saturated carbocycles. The van der Waals surface area contributed by atoms with Crippen LogP contribution in [0.5, 0.6) is 0 Å². The molecule has 0 aromatic carbocycles. The minimum atomic E-state index is -2.11. The minimum Gasteiger partial charge on any atom is -0.450 e. The van der Waals surface area contributed by atoms with Gasteiger partial charge in [0, 0.05) is 49.5 Å². The van der Waals surface area contributed by atoms with Crippen LogP contribution in [0.1, 0.15) is 122 Å². The van der Waals surface area contributed by atoms with E-state index in [1.807, 2.05) is 0 Å². The molecule has 0 aromatic rings. The summed E-state index contributed by atoms with van der Waals surface area (Å²) in [4.78, 5) is 27.4. The van der Waals surface area contributed by atoms with Crippen LogP contribution in [-0.4, -0.2) is 99.7 Å². The number of carbonyl (C=O) groups excluding carboxylic acids is 2. The van der Waals surface area contributed by atoms with Gasteiger partial charge in [-0.3, -0.25) is 0 Å². The van der Waals surface area contributed by atoms with Gasteiger partial charge in [-0.15, -0.1) is 0 Å². The lowest BCUT2D eigenvalue weighted by Crippen LogP contribution is -2.85. The van der Waals surface area contributed by atoms with E-state index in [9.17, 15) is 35.1 Å². The Morgan fingerprint density at radius 1 is 0.929 bits per heavy atom. The number of aliphatic hydroxyl groups excluding tert-OH is 2. The quantitative estimate of drug-likeness (QED) is 0.0787. The lowest BCUT2D eigenvalue weighted by molar-refractivity contribution is -0.379. The summed E-state index contributed by atoms with van der Waals surface area (Å²) in [7, 11) is 1.69. The molecule has 9 aliphatic rings. The first kappa shape index (κ1) is 39.8. The van der Waals surface area contributed by atoms with Crippen molar-refractivity contribution in [2.45, 2.75) is 158 Å². The van der Waals surface area contributed by atoms with Gasteiger partial charge in [-0.05, 0) is 124 Å². The molecule has 10 heteroatoms. The molecule has 0 bridgehead atoms. The first-order valence-corrected chi connectivity index (χ1v) is 22.7. The zero-order valence-corrected chi connectivity index (χ0v) is 33.9. The second kappa shape index (κ2) is 14.5. The third-order valence-electron chi connectivity index (χ3n) is 18.8. The second-order valence-corrected chi connectivity index (χ2v) is 20.4. The van der Waals surface area contributed by atoms with Crippen LogP contribution in [0.2, 0.25) is 0 Å². The van der Waals surface area contributed by atoms with Crippen molar-refractivity contribution in [3.05, 3.63) is 23.3 Å². The Balaban J connectivity index is 1.19. The molecule has 0 saturated heterocycles. The van der Waals surface area contributed by atoms with Crippen molar-refractivity contribution in [3.8, 4) is 0 Å². The van der Waals surface area contributed by atoms with Crippen LogP contribution < -0.4 is 5.32 Å². The largest absolute Gasteiger partial charge is 0.450 e. The number of methoxy groups -OCH3 is 1. The van der Waals surface area contributed by atoms with Gasteiger partial charge in [0.1, 0.15) is 23.6 Å². The summed E-state index contributed by atoms with van der Waals surface area (Å²) in [6, 6.07) is 0. The molecular weight excluding hydrogens is 711 g/mol. The highest BCUT2D eigenvalue weighted by molar-refractivity contribution is 5.87. The fourth-order valence-electron chi connectivity index (χ4n) is 16.5. The molecule has 10 nitrogen and oxygen atoms in total. The molecular formula is C46H69NO9. The molecule has 9 rings (SSSR count). The topological polar surface area (TPSA) is 166 Å². The number of hydrogen-bond acceptors (Lipinski definition) is 10. The van der Waals surface area contributed by atoms with E-state index in [-0.39, 0.29) is 42.5 Å². The molecule has 8 aliphatic carbocycles. The number of nitrogens with one attached hydrogen (secondary N) is 1. The van der Waals surface area contributed by atoms with Crippen LogP contribution in [0.3, 0.4) is 0 Å². The van der Waals surface area contributed by atoms with Gasteiger partial charge >= 0.3 is 5.97 Å². The van der Waals surface area contributed by atoms with Crippen molar-refractivity contribution < 1.29 is 44.6 Å². The van der Waals surface area contributed by atoms with Crippen molar-refractivity contribution in [2.75, 3.05) is 26.8 Å². The predicted octanol–water partition coefficient (Wildman–Crippen LogP) is 4.78. The lowest BCUT2D eigenvalue weighted by Gasteiger charge is -2.74. The fraction of sp³-hybridized carbons (Fsp3) is 0.870. The average Bonchev–Trinajstić information content (AvgIpc) is 3.90. The Morgan fingerprint density at radius 3 is 2.41 bits per heavy atom. The van der Waals surface area contributed by atoms with E-state index >= 15 is 0 Å². The molecule has 1 heterocycles. The van der Waals surface area contributed by atoms with Crippen LogP contribution in [0.25, 0.3) is 0 Å². The first-order chi connectivity index (χ1) is 26.9. The smallest absolute Gasteiger partial charge is 0.331 e. The van der Waals surface area contributed by atoms with Crippen LogP contribution in [0.15, 0.2) is 23.3 Å². The molecule has 0 aromatic heterocycles. The standard InChI is InChI=1S/C46H69NO9/c1-27(28-9-6-7-10-28)29-13-14-34-36(49)15-17-42(26-48)37-16-18-43(32-11-4-3-5-12-32)39-30(24-44(43,52)46(37,54)41(51)35(22-29)45(34,42)53)21-31(25-47-19-8-20-55-2)40-33(39)23-38(50)56-40/h21,23,26-30,32,34-37,39-41,47,49,51-54H,3-20,22,24-25H2,1-2H3/t27-,29-,30+,34-,35+,36-,37+,39+,40-,41+,42-,43-,44+,45+,46+/m0/s1. The Bertz CT molecular complexity index is 1590. The maximum absolute atomic E-state index is 14.2. The monoisotopic (exact) mass is 779 g/mol. The van der Waals surface area contributed by atoms with Gasteiger partial charge < -0.3 is 45.1 Å². The van der Waals surface area contributed by atoms with Gasteiger partial charge in [-0.1, -0.05) is 57.9 Å². The van der Waals surface area contributed by atoms with Gasteiger partial charge in [-0.25, -0.2) is 4.79 Å². The molecule has 0 spiro atoms. The van der Waals surface area contributed by atoms with E-state index in [4.69, 9.17) is 9.47 Å². The summed E-state index contributed by atoms with van der Waals surface area (Å²) in [5.74, 6) is -2.22. The predicted molar refractivity (Wildman–Crippen MR) is 209 cm³/mol. The minimum absolute atomic E-state index is 0.0333. The number of esters is 1. The summed E-state index contributed by atoms with van der Waals surface area (Å²) < 4.78 is 11.3. The molecule has 0 unspecified atom stereocenters. The number of hydrogen-bond donors (Lipinski definition) is 6. The van der Waals surface area contributed by atoms with Crippen LogP contribution in [0.4, 0.5) is 0 Å². The molecule has 312 valence electrons. The first-order valence-electron chi connectivity index (χ1n) is 22.7. The van der Waals surface area contributed by atoms with Crippen molar-refractivity contribution in [1.29, 1.82) is 0 Å². The van der Waals surface area contributed by atoms with Gasteiger partial charge in [0.2, 0.25) is 0 Å². The normalized spacial score (nSPS) is 49.3. The number of fused-ring (bicyclic) bond motifs is 8. The Kier molecular flexibility index (Phi) is 10.3. The van der Waals surface area contributed by atoms with Gasteiger partial charge in [0.15, 0.2) is 0 Å². The molecule has 56 heavy (non-hydrogen) atoms. The third kappa shape index (κ3) is 5.23.